The summed E-state index contributed by atoms with van der Waals surface area (Å²) in [6.45, 7) is 12.9. The van der Waals surface area contributed by atoms with E-state index in [0.717, 1.165) is 21.7 Å². The minimum Gasteiger partial charge on any atom is -0.508 e. The van der Waals surface area contributed by atoms with Crippen molar-refractivity contribution in [1.82, 2.24) is 10.2 Å². The van der Waals surface area contributed by atoms with Crippen molar-refractivity contribution in [1.29, 1.82) is 0 Å². The molecule has 3 nitrogen and oxygen atoms in total. The van der Waals surface area contributed by atoms with Crippen LogP contribution in [0, 0.1) is 3.95 Å². The van der Waals surface area contributed by atoms with E-state index in [4.69, 9.17) is 12.2 Å². The third kappa shape index (κ3) is 3.35. The molecule has 114 valence electrons. The first kappa shape index (κ1) is 16.2. The Morgan fingerprint density at radius 1 is 1.05 bits per heavy atom. The molecule has 0 aliphatic carbocycles. The monoisotopic (exact) mass is 322 g/mol. The zero-order valence-corrected chi connectivity index (χ0v) is 15.0. The lowest BCUT2D eigenvalue weighted by Crippen LogP contribution is -2.19. The van der Waals surface area contributed by atoms with Crippen LogP contribution in [0.15, 0.2) is 12.1 Å². The smallest absolute Gasteiger partial charge is 0.176 e. The lowest BCUT2D eigenvalue weighted by atomic mass is 9.76. The first-order valence-electron chi connectivity index (χ1n) is 6.94. The van der Waals surface area contributed by atoms with Gasteiger partial charge in [-0.15, -0.1) is 0 Å². The van der Waals surface area contributed by atoms with E-state index in [2.05, 4.69) is 51.7 Å². The summed E-state index contributed by atoms with van der Waals surface area (Å²) in [6, 6.07) is 3.68. The maximum absolute atomic E-state index is 10.2. The van der Waals surface area contributed by atoms with Crippen LogP contribution in [-0.2, 0) is 10.8 Å². The summed E-state index contributed by atoms with van der Waals surface area (Å²) in [5, 5.41) is 18.3. The fourth-order valence-corrected chi connectivity index (χ4v) is 3.34. The van der Waals surface area contributed by atoms with Crippen LogP contribution in [0.5, 0.6) is 5.75 Å². The third-order valence-corrected chi connectivity index (χ3v) is 4.50. The minimum atomic E-state index is -0.0959. The van der Waals surface area contributed by atoms with Gasteiger partial charge in [-0.05, 0) is 46.3 Å². The molecule has 0 atom stereocenters. The summed E-state index contributed by atoms with van der Waals surface area (Å²) < 4.78 is 0.665. The number of phenols is 1. The van der Waals surface area contributed by atoms with Crippen LogP contribution in [-0.4, -0.2) is 15.3 Å². The van der Waals surface area contributed by atoms with Crippen molar-refractivity contribution < 1.29 is 5.11 Å². The molecule has 5 heteroatoms. The highest BCUT2D eigenvalue weighted by molar-refractivity contribution is 7.73. The number of hydrogen-bond acceptors (Lipinski definition) is 4. The number of hydrogen-bond donors (Lipinski definition) is 2. The molecular weight excluding hydrogens is 300 g/mol. The van der Waals surface area contributed by atoms with E-state index < -0.39 is 0 Å². The van der Waals surface area contributed by atoms with Crippen LogP contribution >= 0.6 is 23.6 Å². The SMILES string of the molecule is CC(C)(C)c1cc(O)cc(C(C)(C)C)c1-c1n[nH]c(=S)s1. The highest BCUT2D eigenvalue weighted by atomic mass is 32.1. The Morgan fingerprint density at radius 2 is 1.52 bits per heavy atom. The Bertz CT molecular complexity index is 680. The van der Waals surface area contributed by atoms with Crippen molar-refractivity contribution in [2.24, 2.45) is 0 Å². The summed E-state index contributed by atoms with van der Waals surface area (Å²) in [4.78, 5) is 0. The third-order valence-electron chi connectivity index (χ3n) is 3.39. The van der Waals surface area contributed by atoms with Crippen LogP contribution in [0.4, 0.5) is 0 Å². The molecule has 0 bridgehead atoms. The quantitative estimate of drug-likeness (QED) is 0.712. The van der Waals surface area contributed by atoms with Gasteiger partial charge in [-0.2, -0.15) is 5.10 Å². The second kappa shape index (κ2) is 5.21. The van der Waals surface area contributed by atoms with Gasteiger partial charge in [0.1, 0.15) is 10.8 Å². The molecule has 2 rings (SSSR count). The van der Waals surface area contributed by atoms with Crippen LogP contribution in [0.2, 0.25) is 0 Å². The number of aromatic hydroxyl groups is 1. The Hall–Kier alpha value is -1.20. The number of nitrogens with zero attached hydrogens (tertiary/aromatic N) is 1. The van der Waals surface area contributed by atoms with E-state index in [0.29, 0.717) is 9.70 Å². The van der Waals surface area contributed by atoms with E-state index in [1.54, 1.807) is 0 Å². The normalized spacial score (nSPS) is 12.7. The molecule has 0 saturated carbocycles. The summed E-state index contributed by atoms with van der Waals surface area (Å²) in [5.74, 6) is 0.299. The zero-order valence-electron chi connectivity index (χ0n) is 13.4. The lowest BCUT2D eigenvalue weighted by Gasteiger charge is -2.29. The summed E-state index contributed by atoms with van der Waals surface area (Å²) >= 11 is 6.66. The molecule has 2 aromatic rings. The van der Waals surface area contributed by atoms with E-state index in [1.165, 1.54) is 11.3 Å². The summed E-state index contributed by atoms with van der Waals surface area (Å²) in [7, 11) is 0. The molecule has 0 spiro atoms. The highest BCUT2D eigenvalue weighted by Gasteiger charge is 2.28. The Labute approximate surface area is 135 Å². The van der Waals surface area contributed by atoms with Gasteiger partial charge in [-0.3, -0.25) is 5.10 Å². The molecule has 0 amide bonds. The molecule has 0 unspecified atom stereocenters. The van der Waals surface area contributed by atoms with Gasteiger partial charge in [-0.1, -0.05) is 52.9 Å². The predicted octanol–water partition coefficient (Wildman–Crippen LogP) is 5.17. The van der Waals surface area contributed by atoms with Gasteiger partial charge in [0, 0.05) is 5.56 Å². The molecule has 0 aliphatic heterocycles. The molecule has 0 fully saturated rings. The van der Waals surface area contributed by atoms with Gasteiger partial charge in [0.15, 0.2) is 3.95 Å². The maximum atomic E-state index is 10.2. The second-order valence-corrected chi connectivity index (χ2v) is 9.00. The van der Waals surface area contributed by atoms with Gasteiger partial charge in [0.2, 0.25) is 0 Å². The zero-order chi connectivity index (χ0) is 16.0. The van der Waals surface area contributed by atoms with Crippen LogP contribution < -0.4 is 0 Å². The molecule has 2 N–H and O–H groups in total. The molecule has 0 radical (unpaired) electrons. The van der Waals surface area contributed by atoms with E-state index >= 15 is 0 Å². The van der Waals surface area contributed by atoms with Gasteiger partial charge < -0.3 is 5.11 Å². The van der Waals surface area contributed by atoms with E-state index in [9.17, 15) is 5.11 Å². The number of rotatable bonds is 1. The first-order valence-corrected chi connectivity index (χ1v) is 8.16. The van der Waals surface area contributed by atoms with Crippen molar-refractivity contribution in [2.45, 2.75) is 52.4 Å². The van der Waals surface area contributed by atoms with Crippen molar-refractivity contribution in [3.63, 3.8) is 0 Å². The average Bonchev–Trinajstić information content (AvgIpc) is 2.72. The molecule has 0 saturated heterocycles. The van der Waals surface area contributed by atoms with E-state index in [1.807, 2.05) is 12.1 Å². The number of H-pyrrole nitrogens is 1. The number of phenolic OH excluding ortho intramolecular Hbond substituents is 1. The van der Waals surface area contributed by atoms with Gasteiger partial charge in [0.25, 0.3) is 0 Å². The molecule has 1 heterocycles. The van der Waals surface area contributed by atoms with Crippen LogP contribution in [0.25, 0.3) is 10.6 Å². The van der Waals surface area contributed by atoms with Gasteiger partial charge in [-0.25, -0.2) is 0 Å². The second-order valence-electron chi connectivity index (χ2n) is 7.33. The molecular formula is C16H22N2OS2. The number of aromatic nitrogens is 2. The summed E-state index contributed by atoms with van der Waals surface area (Å²) in [6.07, 6.45) is 0. The average molecular weight is 322 g/mol. The molecule has 1 aromatic carbocycles. The summed E-state index contributed by atoms with van der Waals surface area (Å²) in [5.41, 5.74) is 3.07. The van der Waals surface area contributed by atoms with Crippen LogP contribution in [0.1, 0.15) is 52.7 Å². The van der Waals surface area contributed by atoms with Crippen molar-refractivity contribution in [3.8, 4) is 16.3 Å². The van der Waals surface area contributed by atoms with Crippen molar-refractivity contribution in [2.75, 3.05) is 0 Å². The minimum absolute atomic E-state index is 0.0959. The fourth-order valence-electron chi connectivity index (χ4n) is 2.38. The number of benzene rings is 1. The van der Waals surface area contributed by atoms with Crippen molar-refractivity contribution in [3.05, 3.63) is 27.2 Å². The van der Waals surface area contributed by atoms with E-state index in [-0.39, 0.29) is 10.8 Å². The predicted molar refractivity (Wildman–Crippen MR) is 91.8 cm³/mol. The topological polar surface area (TPSA) is 48.9 Å². The fraction of sp³-hybridized carbons (Fsp3) is 0.500. The lowest BCUT2D eigenvalue weighted by molar-refractivity contribution is 0.466. The Kier molecular flexibility index (Phi) is 4.02. The first-order chi connectivity index (χ1) is 9.50. The van der Waals surface area contributed by atoms with Crippen molar-refractivity contribution >= 4 is 23.6 Å². The molecule has 0 aliphatic rings. The van der Waals surface area contributed by atoms with Gasteiger partial charge in [0.05, 0.1) is 0 Å². The maximum Gasteiger partial charge on any atom is 0.176 e. The Balaban J connectivity index is 2.89. The molecule has 1 aromatic heterocycles. The van der Waals surface area contributed by atoms with Crippen LogP contribution in [0.3, 0.4) is 0 Å². The Morgan fingerprint density at radius 3 is 1.86 bits per heavy atom. The molecule has 21 heavy (non-hydrogen) atoms. The highest BCUT2D eigenvalue weighted by Crippen LogP contribution is 2.43. The number of nitrogens with one attached hydrogen (secondary N) is 1. The largest absolute Gasteiger partial charge is 0.508 e. The standard InChI is InChI=1S/C16H22N2OS2/c1-15(2,3)10-7-9(19)8-11(16(4,5)6)12(10)13-17-18-14(20)21-13/h7-8,19H,1-6H3,(H,18,20). The number of aromatic amines is 1. The van der Waals surface area contributed by atoms with Gasteiger partial charge >= 0.3 is 0 Å².